The molecule has 0 aliphatic carbocycles. The fourth-order valence-corrected chi connectivity index (χ4v) is 2.94. The third kappa shape index (κ3) is 4.92. The van der Waals surface area contributed by atoms with Gasteiger partial charge in [0.2, 0.25) is 10.0 Å². The third-order valence-corrected chi connectivity index (χ3v) is 4.72. The second kappa shape index (κ2) is 8.14. The van der Waals surface area contributed by atoms with Gasteiger partial charge in [0.15, 0.2) is 0 Å². The lowest BCUT2D eigenvalue weighted by Crippen LogP contribution is -2.14. The van der Waals surface area contributed by atoms with E-state index in [4.69, 9.17) is 9.88 Å². The summed E-state index contributed by atoms with van der Waals surface area (Å²) in [5, 5.41) is 16.8. The number of primary sulfonamides is 1. The number of hydrogen-bond acceptors (Lipinski definition) is 5. The van der Waals surface area contributed by atoms with Crippen LogP contribution in [0.5, 0.6) is 5.75 Å². The molecule has 0 saturated carbocycles. The molecule has 0 aliphatic rings. The highest BCUT2D eigenvalue weighted by Gasteiger charge is 2.13. The van der Waals surface area contributed by atoms with Crippen LogP contribution in [0.15, 0.2) is 57.4 Å². The number of carbonyl (C=O) groups is 1. The molecule has 1 amide bonds. The lowest BCUT2D eigenvalue weighted by molar-refractivity contribution is -0.112. The van der Waals surface area contributed by atoms with Crippen molar-refractivity contribution in [2.75, 3.05) is 12.4 Å². The zero-order chi connectivity index (χ0) is 19.3. The Labute approximate surface area is 159 Å². The smallest absolute Gasteiger partial charge is 0.266 e. The zero-order valence-corrected chi connectivity index (χ0v) is 16.0. The molecule has 2 aromatic carbocycles. The van der Waals surface area contributed by atoms with Crippen molar-refractivity contribution in [3.05, 3.63) is 58.1 Å². The SMILES string of the molecule is COc1ccc(Br)cc1/C=C(/C#N)C(=O)Nc1ccc(S(N)(=O)=O)cc1. The van der Waals surface area contributed by atoms with Crippen LogP contribution in [0.4, 0.5) is 5.69 Å². The Kier molecular flexibility index (Phi) is 6.15. The first kappa shape index (κ1) is 19.7. The normalized spacial score (nSPS) is 11.5. The molecule has 2 aromatic rings. The van der Waals surface area contributed by atoms with Gasteiger partial charge >= 0.3 is 0 Å². The number of carbonyl (C=O) groups excluding carboxylic acids is 1. The van der Waals surface area contributed by atoms with E-state index in [1.165, 1.54) is 37.5 Å². The number of ether oxygens (including phenoxy) is 1. The summed E-state index contributed by atoms with van der Waals surface area (Å²) in [6.45, 7) is 0. The summed E-state index contributed by atoms with van der Waals surface area (Å²) < 4.78 is 28.4. The highest BCUT2D eigenvalue weighted by Crippen LogP contribution is 2.25. The molecule has 0 radical (unpaired) electrons. The van der Waals surface area contributed by atoms with Gasteiger partial charge in [-0.05, 0) is 48.5 Å². The van der Waals surface area contributed by atoms with E-state index in [1.54, 1.807) is 18.2 Å². The van der Waals surface area contributed by atoms with Crippen LogP contribution < -0.4 is 15.2 Å². The van der Waals surface area contributed by atoms with Crippen molar-refractivity contribution in [1.29, 1.82) is 5.26 Å². The third-order valence-electron chi connectivity index (χ3n) is 3.30. The molecule has 0 atom stereocenters. The standard InChI is InChI=1S/C17H14BrN3O4S/c1-25-16-7-2-13(18)9-11(16)8-12(10-19)17(22)21-14-3-5-15(6-4-14)26(20,23)24/h2-9H,1H3,(H,21,22)(H2,20,23,24)/b12-8-. The lowest BCUT2D eigenvalue weighted by Gasteiger charge is -2.07. The highest BCUT2D eigenvalue weighted by molar-refractivity contribution is 9.10. The first-order valence-corrected chi connectivity index (χ1v) is 9.48. The fourth-order valence-electron chi connectivity index (χ4n) is 2.05. The molecule has 0 aromatic heterocycles. The summed E-state index contributed by atoms with van der Waals surface area (Å²) in [5.74, 6) is -0.135. The summed E-state index contributed by atoms with van der Waals surface area (Å²) in [5.41, 5.74) is 0.736. The quantitative estimate of drug-likeness (QED) is 0.551. The Morgan fingerprint density at radius 3 is 2.46 bits per heavy atom. The van der Waals surface area contributed by atoms with Gasteiger partial charge in [-0.25, -0.2) is 13.6 Å². The van der Waals surface area contributed by atoms with Crippen molar-refractivity contribution >= 4 is 43.6 Å². The van der Waals surface area contributed by atoms with Gasteiger partial charge in [-0.2, -0.15) is 5.26 Å². The molecular formula is C17H14BrN3O4S. The molecule has 0 fully saturated rings. The van der Waals surface area contributed by atoms with Crippen LogP contribution in [0.1, 0.15) is 5.56 Å². The van der Waals surface area contributed by atoms with Gasteiger partial charge in [0.25, 0.3) is 5.91 Å². The van der Waals surface area contributed by atoms with E-state index in [0.29, 0.717) is 17.0 Å². The Morgan fingerprint density at radius 1 is 1.27 bits per heavy atom. The Bertz CT molecular complexity index is 1010. The highest BCUT2D eigenvalue weighted by atomic mass is 79.9. The molecule has 0 saturated heterocycles. The number of halogens is 1. The number of nitrogens with zero attached hydrogens (tertiary/aromatic N) is 1. The Balaban J connectivity index is 2.27. The van der Waals surface area contributed by atoms with Crippen LogP contribution in [0.25, 0.3) is 6.08 Å². The molecule has 0 heterocycles. The minimum atomic E-state index is -3.82. The van der Waals surface area contributed by atoms with Crippen LogP contribution in [0, 0.1) is 11.3 Å². The number of sulfonamides is 1. The average Bonchev–Trinajstić information content (AvgIpc) is 2.59. The summed E-state index contributed by atoms with van der Waals surface area (Å²) in [6.07, 6.45) is 1.40. The van der Waals surface area contributed by atoms with Crippen molar-refractivity contribution < 1.29 is 17.9 Å². The van der Waals surface area contributed by atoms with Crippen LogP contribution >= 0.6 is 15.9 Å². The summed E-state index contributed by atoms with van der Waals surface area (Å²) in [7, 11) is -2.33. The monoisotopic (exact) mass is 435 g/mol. The molecule has 3 N–H and O–H groups in total. The molecule has 7 nitrogen and oxygen atoms in total. The van der Waals surface area contributed by atoms with Crippen molar-refractivity contribution in [2.45, 2.75) is 4.90 Å². The molecule has 0 unspecified atom stereocenters. The van der Waals surface area contributed by atoms with E-state index in [-0.39, 0.29) is 10.5 Å². The van der Waals surface area contributed by atoms with Gasteiger partial charge in [-0.3, -0.25) is 4.79 Å². The van der Waals surface area contributed by atoms with Gasteiger partial charge < -0.3 is 10.1 Å². The van der Waals surface area contributed by atoms with E-state index < -0.39 is 15.9 Å². The van der Waals surface area contributed by atoms with Crippen LogP contribution in [0.2, 0.25) is 0 Å². The predicted octanol–water partition coefficient (Wildman–Crippen LogP) is 2.65. The summed E-state index contributed by atoms with van der Waals surface area (Å²) >= 11 is 3.32. The Morgan fingerprint density at radius 2 is 1.92 bits per heavy atom. The lowest BCUT2D eigenvalue weighted by atomic mass is 10.1. The van der Waals surface area contributed by atoms with Gasteiger partial charge in [-0.15, -0.1) is 0 Å². The maximum Gasteiger partial charge on any atom is 0.266 e. The number of hydrogen-bond donors (Lipinski definition) is 2. The van der Waals surface area contributed by atoms with E-state index in [9.17, 15) is 18.5 Å². The number of methoxy groups -OCH3 is 1. The molecule has 0 bridgehead atoms. The second-order valence-electron chi connectivity index (χ2n) is 5.08. The molecule has 9 heteroatoms. The van der Waals surface area contributed by atoms with E-state index in [1.807, 2.05) is 6.07 Å². The number of rotatable bonds is 5. The topological polar surface area (TPSA) is 122 Å². The predicted molar refractivity (Wildman–Crippen MR) is 101 cm³/mol. The van der Waals surface area contributed by atoms with Gasteiger partial charge in [0.1, 0.15) is 17.4 Å². The second-order valence-corrected chi connectivity index (χ2v) is 7.56. The average molecular weight is 436 g/mol. The first-order valence-electron chi connectivity index (χ1n) is 7.14. The van der Waals surface area contributed by atoms with Crippen LogP contribution in [-0.4, -0.2) is 21.4 Å². The largest absolute Gasteiger partial charge is 0.496 e. The van der Waals surface area contributed by atoms with Crippen molar-refractivity contribution in [3.63, 3.8) is 0 Å². The fraction of sp³-hybridized carbons (Fsp3) is 0.0588. The Hall–Kier alpha value is -2.67. The maximum atomic E-state index is 12.3. The number of amides is 1. The van der Waals surface area contributed by atoms with E-state index >= 15 is 0 Å². The molecule has 2 rings (SSSR count). The van der Waals surface area contributed by atoms with Crippen molar-refractivity contribution in [2.24, 2.45) is 5.14 Å². The first-order chi connectivity index (χ1) is 12.2. The number of anilines is 1. The van der Waals surface area contributed by atoms with E-state index in [0.717, 1.165) is 4.47 Å². The van der Waals surface area contributed by atoms with Crippen molar-refractivity contribution in [3.8, 4) is 11.8 Å². The zero-order valence-electron chi connectivity index (χ0n) is 13.6. The van der Waals surface area contributed by atoms with Crippen molar-refractivity contribution in [1.82, 2.24) is 0 Å². The van der Waals surface area contributed by atoms with Gasteiger partial charge in [-0.1, -0.05) is 15.9 Å². The molecule has 0 spiro atoms. The van der Waals surface area contributed by atoms with Crippen LogP contribution in [0.3, 0.4) is 0 Å². The molecular weight excluding hydrogens is 422 g/mol. The molecule has 134 valence electrons. The minimum absolute atomic E-state index is 0.0783. The van der Waals surface area contributed by atoms with Gasteiger partial charge in [0, 0.05) is 15.7 Å². The number of benzene rings is 2. The van der Waals surface area contributed by atoms with Gasteiger partial charge in [0.05, 0.1) is 12.0 Å². The summed E-state index contributed by atoms with van der Waals surface area (Å²) in [4.78, 5) is 12.2. The molecule has 0 aliphatic heterocycles. The number of nitrogens with one attached hydrogen (secondary N) is 1. The van der Waals surface area contributed by atoms with E-state index in [2.05, 4.69) is 21.2 Å². The maximum absolute atomic E-state index is 12.3. The number of nitriles is 1. The molecule has 26 heavy (non-hydrogen) atoms. The van der Waals surface area contributed by atoms with Crippen LogP contribution in [-0.2, 0) is 14.8 Å². The minimum Gasteiger partial charge on any atom is -0.496 e. The number of nitrogens with two attached hydrogens (primary N) is 1. The summed E-state index contributed by atoms with van der Waals surface area (Å²) in [6, 6.07) is 12.3.